The molecule has 1 amide bonds. The van der Waals surface area contributed by atoms with Crippen molar-refractivity contribution in [1.82, 2.24) is 4.90 Å². The number of halogens is 2. The molecule has 0 bridgehead atoms. The standard InChI is InChI=1S/C25H27Cl2NO4/c1-4-21(15(2)29)28-23(16-8-10-18(26)11-9-16)20(17-6-5-7-19(27)12-17)13-25(3,24(28)32)14-22(30)31/h5-12,20-21,23H,4,13-14H2,1-3H3,(H,30,31). The summed E-state index contributed by atoms with van der Waals surface area (Å²) in [5.41, 5.74) is 0.569. The topological polar surface area (TPSA) is 74.7 Å². The second-order valence-corrected chi connectivity index (χ2v) is 9.61. The summed E-state index contributed by atoms with van der Waals surface area (Å²) in [4.78, 5) is 39.8. The molecule has 170 valence electrons. The normalized spacial score (nSPS) is 24.3. The maximum absolute atomic E-state index is 13.8. The van der Waals surface area contributed by atoms with Crippen molar-refractivity contribution in [2.75, 3.05) is 0 Å². The van der Waals surface area contributed by atoms with E-state index in [9.17, 15) is 19.5 Å². The molecule has 1 N–H and O–H groups in total. The number of hydrogen-bond donors (Lipinski definition) is 1. The van der Waals surface area contributed by atoms with E-state index in [-0.39, 0.29) is 24.0 Å². The highest BCUT2D eigenvalue weighted by atomic mass is 35.5. The Hall–Kier alpha value is -2.37. The van der Waals surface area contributed by atoms with E-state index in [1.807, 2.05) is 37.3 Å². The van der Waals surface area contributed by atoms with Crippen LogP contribution in [0.5, 0.6) is 0 Å². The third-order valence-corrected chi connectivity index (χ3v) is 6.81. The van der Waals surface area contributed by atoms with Crippen LogP contribution in [-0.2, 0) is 14.4 Å². The Morgan fingerprint density at radius 1 is 1.12 bits per heavy atom. The van der Waals surface area contributed by atoms with Crippen LogP contribution < -0.4 is 0 Å². The van der Waals surface area contributed by atoms with Crippen LogP contribution in [0.3, 0.4) is 0 Å². The lowest BCUT2D eigenvalue weighted by atomic mass is 9.67. The second kappa shape index (κ2) is 9.63. The third kappa shape index (κ3) is 4.84. The molecule has 1 saturated heterocycles. The fraction of sp³-hybridized carbons (Fsp3) is 0.400. The molecule has 0 aromatic heterocycles. The van der Waals surface area contributed by atoms with E-state index in [0.29, 0.717) is 22.9 Å². The maximum atomic E-state index is 13.8. The summed E-state index contributed by atoms with van der Waals surface area (Å²) >= 11 is 12.4. The van der Waals surface area contributed by atoms with Crippen molar-refractivity contribution in [3.05, 3.63) is 69.7 Å². The van der Waals surface area contributed by atoms with Gasteiger partial charge in [0.25, 0.3) is 0 Å². The number of amides is 1. The number of carboxylic acids is 1. The van der Waals surface area contributed by atoms with Gasteiger partial charge in [0.2, 0.25) is 5.91 Å². The lowest BCUT2D eigenvalue weighted by Crippen LogP contribution is -2.57. The predicted molar refractivity (Wildman–Crippen MR) is 125 cm³/mol. The van der Waals surface area contributed by atoms with Crippen LogP contribution in [0.2, 0.25) is 10.0 Å². The first kappa shape index (κ1) is 24.3. The van der Waals surface area contributed by atoms with E-state index in [2.05, 4.69) is 0 Å². The Bertz CT molecular complexity index is 1020. The van der Waals surface area contributed by atoms with Gasteiger partial charge in [-0.25, -0.2) is 0 Å². The maximum Gasteiger partial charge on any atom is 0.304 e. The molecule has 0 aliphatic carbocycles. The Morgan fingerprint density at radius 3 is 2.31 bits per heavy atom. The molecular weight excluding hydrogens is 449 g/mol. The molecule has 0 saturated carbocycles. The average Bonchev–Trinajstić information content (AvgIpc) is 2.71. The number of ketones is 1. The minimum Gasteiger partial charge on any atom is -0.481 e. The predicted octanol–water partition coefficient (Wildman–Crippen LogP) is 5.90. The SMILES string of the molecule is CCC(C(C)=O)N1C(=O)C(C)(CC(=O)O)CC(c2cccc(Cl)c2)C1c1ccc(Cl)cc1. The minimum absolute atomic E-state index is 0.135. The quantitative estimate of drug-likeness (QED) is 0.540. The van der Waals surface area contributed by atoms with Crippen molar-refractivity contribution in [3.8, 4) is 0 Å². The molecule has 4 unspecified atom stereocenters. The third-order valence-electron chi connectivity index (χ3n) is 6.32. The van der Waals surface area contributed by atoms with Crippen LogP contribution in [0.4, 0.5) is 0 Å². The highest BCUT2D eigenvalue weighted by molar-refractivity contribution is 6.30. The summed E-state index contributed by atoms with van der Waals surface area (Å²) in [5.74, 6) is -1.76. The van der Waals surface area contributed by atoms with Gasteiger partial charge < -0.3 is 10.0 Å². The summed E-state index contributed by atoms with van der Waals surface area (Å²) < 4.78 is 0. The molecule has 0 spiro atoms. The van der Waals surface area contributed by atoms with E-state index in [0.717, 1.165) is 11.1 Å². The zero-order valence-corrected chi connectivity index (χ0v) is 19.9. The van der Waals surface area contributed by atoms with Gasteiger partial charge in [-0.05, 0) is 55.2 Å². The molecule has 0 radical (unpaired) electrons. The van der Waals surface area contributed by atoms with Gasteiger partial charge in [0, 0.05) is 16.0 Å². The van der Waals surface area contributed by atoms with Gasteiger partial charge in [-0.15, -0.1) is 0 Å². The molecule has 7 heteroatoms. The van der Waals surface area contributed by atoms with Crippen molar-refractivity contribution in [2.24, 2.45) is 5.41 Å². The minimum atomic E-state index is -1.16. The Kier molecular flexibility index (Phi) is 7.31. The summed E-state index contributed by atoms with van der Waals surface area (Å²) in [6.45, 7) is 5.01. The van der Waals surface area contributed by atoms with Gasteiger partial charge in [-0.3, -0.25) is 14.4 Å². The summed E-state index contributed by atoms with van der Waals surface area (Å²) in [6, 6.07) is 13.5. The second-order valence-electron chi connectivity index (χ2n) is 8.74. The molecule has 1 heterocycles. The molecular formula is C25H27Cl2NO4. The van der Waals surface area contributed by atoms with E-state index >= 15 is 0 Å². The first-order valence-electron chi connectivity index (χ1n) is 10.6. The summed E-state index contributed by atoms with van der Waals surface area (Å²) in [5, 5.41) is 10.7. The molecule has 32 heavy (non-hydrogen) atoms. The Morgan fingerprint density at radius 2 is 1.78 bits per heavy atom. The van der Waals surface area contributed by atoms with Gasteiger partial charge in [-0.1, -0.05) is 61.3 Å². The van der Waals surface area contributed by atoms with Gasteiger partial charge in [-0.2, -0.15) is 0 Å². The van der Waals surface area contributed by atoms with Crippen LogP contribution in [0.15, 0.2) is 48.5 Å². The van der Waals surface area contributed by atoms with E-state index in [4.69, 9.17) is 23.2 Å². The van der Waals surface area contributed by atoms with Gasteiger partial charge in [0.05, 0.1) is 23.9 Å². The van der Waals surface area contributed by atoms with Crippen molar-refractivity contribution < 1.29 is 19.5 Å². The van der Waals surface area contributed by atoms with E-state index < -0.39 is 23.5 Å². The molecule has 1 fully saturated rings. The van der Waals surface area contributed by atoms with Crippen LogP contribution in [0.25, 0.3) is 0 Å². The largest absolute Gasteiger partial charge is 0.481 e. The van der Waals surface area contributed by atoms with Crippen molar-refractivity contribution in [3.63, 3.8) is 0 Å². The van der Waals surface area contributed by atoms with Crippen LogP contribution in [0, 0.1) is 5.41 Å². The number of Topliss-reactive ketones (excluding diaryl/α,β-unsaturated/α-hetero) is 1. The first-order valence-corrected chi connectivity index (χ1v) is 11.4. The van der Waals surface area contributed by atoms with Crippen LogP contribution >= 0.6 is 23.2 Å². The van der Waals surface area contributed by atoms with E-state index in [1.165, 1.54) is 6.92 Å². The lowest BCUT2D eigenvalue weighted by Gasteiger charge is -2.51. The number of likely N-dealkylation sites (tertiary alicyclic amines) is 1. The van der Waals surface area contributed by atoms with Crippen molar-refractivity contribution >= 4 is 40.9 Å². The molecule has 1 aliphatic rings. The van der Waals surface area contributed by atoms with Crippen molar-refractivity contribution in [2.45, 2.75) is 58.0 Å². The number of piperidine rings is 1. The highest BCUT2D eigenvalue weighted by Gasteiger charge is 2.52. The average molecular weight is 476 g/mol. The molecule has 1 aliphatic heterocycles. The fourth-order valence-corrected chi connectivity index (χ4v) is 5.23. The Labute approximate surface area is 198 Å². The van der Waals surface area contributed by atoms with Crippen molar-refractivity contribution in [1.29, 1.82) is 0 Å². The van der Waals surface area contributed by atoms with Crippen LogP contribution in [-0.4, -0.2) is 33.7 Å². The molecule has 3 rings (SSSR count). The number of nitrogens with zero attached hydrogens (tertiary/aromatic N) is 1. The number of rotatable bonds is 7. The number of aliphatic carboxylic acids is 1. The first-order chi connectivity index (χ1) is 15.1. The number of hydrogen-bond acceptors (Lipinski definition) is 3. The van der Waals surface area contributed by atoms with Gasteiger partial charge >= 0.3 is 5.97 Å². The summed E-state index contributed by atoms with van der Waals surface area (Å²) in [6.07, 6.45) is 0.425. The zero-order chi connectivity index (χ0) is 23.6. The number of benzene rings is 2. The van der Waals surface area contributed by atoms with E-state index in [1.54, 1.807) is 30.0 Å². The molecule has 2 aromatic carbocycles. The summed E-state index contributed by atoms with van der Waals surface area (Å²) in [7, 11) is 0. The van der Waals surface area contributed by atoms with Gasteiger partial charge in [0.1, 0.15) is 0 Å². The number of carbonyl (C=O) groups is 3. The monoisotopic (exact) mass is 475 g/mol. The lowest BCUT2D eigenvalue weighted by molar-refractivity contribution is -0.162. The molecule has 2 aromatic rings. The smallest absolute Gasteiger partial charge is 0.304 e. The zero-order valence-electron chi connectivity index (χ0n) is 18.3. The number of carboxylic acid groups (broad SMARTS) is 1. The highest BCUT2D eigenvalue weighted by Crippen LogP contribution is 2.52. The van der Waals surface area contributed by atoms with Gasteiger partial charge in [0.15, 0.2) is 5.78 Å². The van der Waals surface area contributed by atoms with Crippen LogP contribution in [0.1, 0.15) is 63.1 Å². The Balaban J connectivity index is 2.26. The number of carbonyl (C=O) groups excluding carboxylic acids is 2. The molecule has 5 nitrogen and oxygen atoms in total. The fourth-order valence-electron chi connectivity index (χ4n) is 4.90. The molecule has 4 atom stereocenters.